The van der Waals surface area contributed by atoms with Crippen LogP contribution in [-0.4, -0.2) is 22.7 Å². The van der Waals surface area contributed by atoms with E-state index in [4.69, 9.17) is 5.73 Å². The van der Waals surface area contributed by atoms with Crippen LogP contribution in [0, 0.1) is 5.92 Å². The van der Waals surface area contributed by atoms with E-state index in [-0.39, 0.29) is 6.10 Å². The Bertz CT molecular complexity index is 312. The van der Waals surface area contributed by atoms with Crippen LogP contribution in [0.2, 0.25) is 0 Å². The number of nitrogens with one attached hydrogen (secondary N) is 1. The zero-order valence-corrected chi connectivity index (χ0v) is 7.98. The molecule has 4 heteroatoms. The van der Waals surface area contributed by atoms with E-state index < -0.39 is 0 Å². The van der Waals surface area contributed by atoms with Gasteiger partial charge in [-0.1, -0.05) is 0 Å². The monoisotopic (exact) mass is 193 g/mol. The number of pyridine rings is 1. The number of hydrogen-bond donors (Lipinski definition) is 3. The molecule has 76 valence electrons. The van der Waals surface area contributed by atoms with E-state index in [1.54, 1.807) is 18.3 Å². The summed E-state index contributed by atoms with van der Waals surface area (Å²) >= 11 is 0. The average Bonchev–Trinajstić information content (AvgIpc) is 2.97. The molecule has 0 bridgehead atoms. The minimum absolute atomic E-state index is 0.252. The number of nitrogens with two attached hydrogens (primary N) is 1. The van der Waals surface area contributed by atoms with Crippen molar-refractivity contribution in [1.29, 1.82) is 0 Å². The molecule has 0 radical (unpaired) electrons. The van der Waals surface area contributed by atoms with Crippen molar-refractivity contribution < 1.29 is 5.11 Å². The van der Waals surface area contributed by atoms with Gasteiger partial charge in [-0.25, -0.2) is 4.98 Å². The van der Waals surface area contributed by atoms with Gasteiger partial charge in [-0.3, -0.25) is 0 Å². The van der Waals surface area contributed by atoms with E-state index in [9.17, 15) is 5.11 Å². The van der Waals surface area contributed by atoms with E-state index in [1.165, 1.54) is 0 Å². The third-order valence-corrected chi connectivity index (χ3v) is 2.44. The lowest BCUT2D eigenvalue weighted by molar-refractivity contribution is 0.164. The number of hydrogen-bond acceptors (Lipinski definition) is 4. The predicted octanol–water partition coefficient (Wildman–Crippen LogP) is 0.847. The van der Waals surface area contributed by atoms with Crippen molar-refractivity contribution in [2.75, 3.05) is 17.6 Å². The van der Waals surface area contributed by atoms with Gasteiger partial charge in [0.2, 0.25) is 0 Å². The van der Waals surface area contributed by atoms with Gasteiger partial charge in [-0.2, -0.15) is 0 Å². The standard InChI is InChI=1S/C10H15N3O/c11-8-3-4-12-10(5-8)13-6-9(14)7-1-2-7/h3-5,7,9,14H,1-2,6H2,(H3,11,12,13). The molecule has 4 N–H and O–H groups in total. The lowest BCUT2D eigenvalue weighted by Gasteiger charge is -2.10. The van der Waals surface area contributed by atoms with Crippen molar-refractivity contribution in [2.24, 2.45) is 5.92 Å². The molecule has 1 aromatic rings. The number of rotatable bonds is 4. The smallest absolute Gasteiger partial charge is 0.128 e. The highest BCUT2D eigenvalue weighted by atomic mass is 16.3. The van der Waals surface area contributed by atoms with Gasteiger partial charge < -0.3 is 16.2 Å². The summed E-state index contributed by atoms with van der Waals surface area (Å²) in [4.78, 5) is 4.09. The summed E-state index contributed by atoms with van der Waals surface area (Å²) in [7, 11) is 0. The van der Waals surface area contributed by atoms with E-state index in [0.717, 1.165) is 18.7 Å². The molecule has 0 aliphatic heterocycles. The predicted molar refractivity (Wildman–Crippen MR) is 55.9 cm³/mol. The molecule has 1 saturated carbocycles. The molecule has 0 spiro atoms. The Morgan fingerprint density at radius 2 is 2.43 bits per heavy atom. The summed E-state index contributed by atoms with van der Waals surface area (Å²) in [6, 6.07) is 3.50. The van der Waals surface area contributed by atoms with Crippen LogP contribution in [0.4, 0.5) is 11.5 Å². The van der Waals surface area contributed by atoms with Gasteiger partial charge in [0.1, 0.15) is 5.82 Å². The Kier molecular flexibility index (Phi) is 2.54. The second-order valence-electron chi connectivity index (χ2n) is 3.76. The van der Waals surface area contributed by atoms with Gasteiger partial charge in [-0.05, 0) is 24.8 Å². The van der Waals surface area contributed by atoms with Crippen LogP contribution in [0.3, 0.4) is 0 Å². The van der Waals surface area contributed by atoms with Crippen LogP contribution in [0.1, 0.15) is 12.8 Å². The van der Waals surface area contributed by atoms with Crippen LogP contribution in [0.25, 0.3) is 0 Å². The van der Waals surface area contributed by atoms with Crippen LogP contribution < -0.4 is 11.1 Å². The first-order chi connectivity index (χ1) is 6.75. The molecule has 0 amide bonds. The minimum atomic E-state index is -0.252. The zero-order valence-electron chi connectivity index (χ0n) is 7.98. The van der Waals surface area contributed by atoms with E-state index in [0.29, 0.717) is 18.2 Å². The van der Waals surface area contributed by atoms with Gasteiger partial charge in [-0.15, -0.1) is 0 Å². The fourth-order valence-corrected chi connectivity index (χ4v) is 1.40. The highest BCUT2D eigenvalue weighted by Crippen LogP contribution is 2.32. The largest absolute Gasteiger partial charge is 0.399 e. The molecule has 2 rings (SSSR count). The lowest BCUT2D eigenvalue weighted by atomic mass is 10.2. The molecule has 1 aromatic heterocycles. The fourth-order valence-electron chi connectivity index (χ4n) is 1.40. The molecule has 1 fully saturated rings. The first kappa shape index (κ1) is 9.27. The third-order valence-electron chi connectivity index (χ3n) is 2.44. The summed E-state index contributed by atoms with van der Waals surface area (Å²) in [5, 5.41) is 12.7. The van der Waals surface area contributed by atoms with E-state index in [1.807, 2.05) is 0 Å². The number of aliphatic hydroxyl groups is 1. The Labute approximate surface area is 83.2 Å². The van der Waals surface area contributed by atoms with E-state index >= 15 is 0 Å². The summed E-state index contributed by atoms with van der Waals surface area (Å²) in [5.74, 6) is 1.22. The highest BCUT2D eigenvalue weighted by molar-refractivity contribution is 5.48. The number of aliphatic hydroxyl groups excluding tert-OH is 1. The molecular formula is C10H15N3O. The Hall–Kier alpha value is -1.29. The molecule has 14 heavy (non-hydrogen) atoms. The van der Waals surface area contributed by atoms with Gasteiger partial charge in [0, 0.05) is 24.5 Å². The van der Waals surface area contributed by atoms with Gasteiger partial charge >= 0.3 is 0 Å². The Morgan fingerprint density at radius 1 is 1.64 bits per heavy atom. The first-order valence-electron chi connectivity index (χ1n) is 4.89. The number of nitrogen functional groups attached to an aromatic ring is 1. The molecule has 1 unspecified atom stereocenters. The average molecular weight is 193 g/mol. The molecule has 1 aliphatic carbocycles. The quantitative estimate of drug-likeness (QED) is 0.663. The first-order valence-corrected chi connectivity index (χ1v) is 4.89. The summed E-state index contributed by atoms with van der Waals surface area (Å²) in [5.41, 5.74) is 6.28. The molecule has 4 nitrogen and oxygen atoms in total. The van der Waals surface area contributed by atoms with Gasteiger partial charge in [0.05, 0.1) is 6.10 Å². The molecule has 1 atom stereocenters. The third kappa shape index (κ3) is 2.35. The summed E-state index contributed by atoms with van der Waals surface area (Å²) in [6.07, 6.45) is 3.69. The zero-order chi connectivity index (χ0) is 9.97. The van der Waals surface area contributed by atoms with Crippen LogP contribution in [0.15, 0.2) is 18.3 Å². The SMILES string of the molecule is Nc1ccnc(NCC(O)C2CC2)c1. The number of nitrogens with zero attached hydrogens (tertiary/aromatic N) is 1. The molecule has 1 heterocycles. The summed E-state index contributed by atoms with van der Waals surface area (Å²) in [6.45, 7) is 0.557. The topological polar surface area (TPSA) is 71.2 Å². The second-order valence-corrected chi connectivity index (χ2v) is 3.76. The van der Waals surface area contributed by atoms with Crippen molar-refractivity contribution in [1.82, 2.24) is 4.98 Å². The Morgan fingerprint density at radius 3 is 3.07 bits per heavy atom. The molecule has 1 aliphatic rings. The maximum absolute atomic E-state index is 9.60. The molecular weight excluding hydrogens is 178 g/mol. The Balaban J connectivity index is 1.84. The minimum Gasteiger partial charge on any atom is -0.399 e. The van der Waals surface area contributed by atoms with Crippen molar-refractivity contribution in [3.05, 3.63) is 18.3 Å². The van der Waals surface area contributed by atoms with Crippen LogP contribution in [-0.2, 0) is 0 Å². The van der Waals surface area contributed by atoms with Gasteiger partial charge in [0.25, 0.3) is 0 Å². The number of anilines is 2. The maximum atomic E-state index is 9.60. The lowest BCUT2D eigenvalue weighted by Crippen LogP contribution is -2.21. The fraction of sp³-hybridized carbons (Fsp3) is 0.500. The maximum Gasteiger partial charge on any atom is 0.128 e. The van der Waals surface area contributed by atoms with Crippen molar-refractivity contribution in [3.8, 4) is 0 Å². The van der Waals surface area contributed by atoms with Gasteiger partial charge in [0.15, 0.2) is 0 Å². The van der Waals surface area contributed by atoms with Crippen LogP contribution in [0.5, 0.6) is 0 Å². The van der Waals surface area contributed by atoms with Crippen molar-refractivity contribution in [3.63, 3.8) is 0 Å². The molecule has 0 aromatic carbocycles. The van der Waals surface area contributed by atoms with E-state index in [2.05, 4.69) is 10.3 Å². The van der Waals surface area contributed by atoms with Crippen molar-refractivity contribution >= 4 is 11.5 Å². The van der Waals surface area contributed by atoms with Crippen molar-refractivity contribution in [2.45, 2.75) is 18.9 Å². The second kappa shape index (κ2) is 3.84. The highest BCUT2D eigenvalue weighted by Gasteiger charge is 2.29. The summed E-state index contributed by atoms with van der Waals surface area (Å²) < 4.78 is 0. The normalized spacial score (nSPS) is 17.8. The molecule has 0 saturated heterocycles. The van der Waals surface area contributed by atoms with Crippen LogP contribution >= 0.6 is 0 Å². The number of aromatic nitrogens is 1.